The lowest BCUT2D eigenvalue weighted by Crippen LogP contribution is -2.29. The summed E-state index contributed by atoms with van der Waals surface area (Å²) < 4.78 is 23.5. The van der Waals surface area contributed by atoms with Crippen molar-refractivity contribution in [2.45, 2.75) is 37.1 Å². The lowest BCUT2D eigenvalue weighted by atomic mass is 9.77. The van der Waals surface area contributed by atoms with Gasteiger partial charge in [0, 0.05) is 23.1 Å². The summed E-state index contributed by atoms with van der Waals surface area (Å²) in [6.45, 7) is 3.81. The molecule has 0 spiro atoms. The maximum atomic E-state index is 12.2. The zero-order valence-electron chi connectivity index (χ0n) is 15.9. The zero-order valence-corrected chi connectivity index (χ0v) is 16.7. The highest BCUT2D eigenvalue weighted by atomic mass is 32.2. The van der Waals surface area contributed by atoms with Crippen molar-refractivity contribution in [2.75, 3.05) is 5.32 Å². The molecule has 3 unspecified atom stereocenters. The second-order valence-electron chi connectivity index (χ2n) is 7.91. The summed E-state index contributed by atoms with van der Waals surface area (Å²) in [7, 11) is -3.73. The number of primary sulfonamides is 1. The van der Waals surface area contributed by atoms with Crippen LogP contribution >= 0.6 is 0 Å². The van der Waals surface area contributed by atoms with Gasteiger partial charge in [-0.2, -0.15) is 0 Å². The molecule has 146 valence electrons. The number of hydrogen-bond donors (Lipinski definition) is 2. The van der Waals surface area contributed by atoms with Gasteiger partial charge in [0.2, 0.25) is 10.0 Å². The van der Waals surface area contributed by atoms with Crippen LogP contribution in [0, 0.1) is 11.8 Å². The second kappa shape index (κ2) is 6.87. The van der Waals surface area contributed by atoms with Gasteiger partial charge in [-0.15, -0.1) is 0 Å². The molecule has 0 radical (unpaired) electrons. The number of anilines is 1. The molecule has 0 aromatic heterocycles. The van der Waals surface area contributed by atoms with Gasteiger partial charge in [0.15, 0.2) is 5.78 Å². The number of carbonyl (C=O) groups is 1. The Morgan fingerprint density at radius 2 is 1.86 bits per heavy atom. The maximum absolute atomic E-state index is 12.2. The number of allylic oxidation sites excluding steroid dienone is 2. The van der Waals surface area contributed by atoms with Crippen LogP contribution in [0.3, 0.4) is 0 Å². The number of nitrogens with two attached hydrogens (primary N) is 1. The summed E-state index contributed by atoms with van der Waals surface area (Å²) in [6.07, 6.45) is 5.22. The minimum absolute atomic E-state index is 0.0260. The fourth-order valence-corrected chi connectivity index (χ4v) is 4.82. The Kier molecular flexibility index (Phi) is 4.63. The summed E-state index contributed by atoms with van der Waals surface area (Å²) in [5, 5.41) is 8.89. The van der Waals surface area contributed by atoms with Crippen LogP contribution in [-0.2, 0) is 10.0 Å². The van der Waals surface area contributed by atoms with Crippen molar-refractivity contribution in [1.29, 1.82) is 0 Å². The SMILES string of the molecule is CC(C)C(=O)c1ccc(C2Nc3ccc(S(N)(=O)=O)cc3C3C=CCC32)cc1. The number of nitrogens with one attached hydrogen (secondary N) is 1. The third kappa shape index (κ3) is 3.27. The Labute approximate surface area is 165 Å². The molecule has 0 fully saturated rings. The van der Waals surface area contributed by atoms with Crippen molar-refractivity contribution in [3.63, 3.8) is 0 Å². The molecule has 0 saturated carbocycles. The predicted molar refractivity (Wildman–Crippen MR) is 110 cm³/mol. The van der Waals surface area contributed by atoms with Gasteiger partial charge in [-0.25, -0.2) is 13.6 Å². The maximum Gasteiger partial charge on any atom is 0.238 e. The fraction of sp³-hybridized carbons (Fsp3) is 0.318. The third-order valence-corrected chi connectivity index (χ3v) is 6.65. The standard InChI is InChI=1S/C22H24N2O3S/c1-13(2)22(25)15-8-6-14(7-9-15)21-18-5-3-4-17(18)19-12-16(28(23,26)27)10-11-20(19)24-21/h3-4,6-13,17-18,21,24H,5H2,1-2H3,(H2,23,26,27). The van der Waals surface area contributed by atoms with E-state index in [4.69, 9.17) is 5.14 Å². The Morgan fingerprint density at radius 3 is 2.50 bits per heavy atom. The number of sulfonamides is 1. The first-order chi connectivity index (χ1) is 13.3. The number of carbonyl (C=O) groups excluding carboxylic acids is 1. The van der Waals surface area contributed by atoms with Crippen LogP contribution in [0.1, 0.15) is 53.7 Å². The Hall–Kier alpha value is -2.44. The van der Waals surface area contributed by atoms with Crippen LogP contribution in [0.4, 0.5) is 5.69 Å². The lowest BCUT2D eigenvalue weighted by molar-refractivity contribution is 0.0939. The normalized spacial score (nSPS) is 23.2. The van der Waals surface area contributed by atoms with Gasteiger partial charge in [-0.05, 0) is 41.7 Å². The highest BCUT2D eigenvalue weighted by Gasteiger charge is 2.38. The Morgan fingerprint density at radius 1 is 1.14 bits per heavy atom. The van der Waals surface area contributed by atoms with Gasteiger partial charge >= 0.3 is 0 Å². The quantitative estimate of drug-likeness (QED) is 0.604. The van der Waals surface area contributed by atoms with Crippen molar-refractivity contribution in [3.8, 4) is 0 Å². The zero-order chi connectivity index (χ0) is 20.1. The van der Waals surface area contributed by atoms with Crippen molar-refractivity contribution in [1.82, 2.24) is 0 Å². The molecule has 3 N–H and O–H groups in total. The van der Waals surface area contributed by atoms with E-state index in [1.807, 2.05) is 38.1 Å². The molecule has 0 saturated heterocycles. The van der Waals surface area contributed by atoms with E-state index in [9.17, 15) is 13.2 Å². The molecule has 3 atom stereocenters. The fourth-order valence-electron chi connectivity index (χ4n) is 4.27. The molecule has 0 amide bonds. The van der Waals surface area contributed by atoms with E-state index in [1.54, 1.807) is 18.2 Å². The molecular weight excluding hydrogens is 372 g/mol. The minimum Gasteiger partial charge on any atom is -0.378 e. The van der Waals surface area contributed by atoms with Crippen molar-refractivity contribution < 1.29 is 13.2 Å². The highest BCUT2D eigenvalue weighted by molar-refractivity contribution is 7.89. The van der Waals surface area contributed by atoms with Gasteiger partial charge < -0.3 is 5.32 Å². The van der Waals surface area contributed by atoms with E-state index < -0.39 is 10.0 Å². The largest absolute Gasteiger partial charge is 0.378 e. The molecule has 28 heavy (non-hydrogen) atoms. The Bertz CT molecular complexity index is 1060. The van der Waals surface area contributed by atoms with E-state index in [0.29, 0.717) is 0 Å². The molecule has 4 rings (SSSR count). The molecule has 0 bridgehead atoms. The summed E-state index contributed by atoms with van der Waals surface area (Å²) in [6, 6.07) is 13.0. The van der Waals surface area contributed by atoms with E-state index in [2.05, 4.69) is 17.5 Å². The second-order valence-corrected chi connectivity index (χ2v) is 9.47. The number of hydrogen-bond acceptors (Lipinski definition) is 4. The molecule has 2 aromatic carbocycles. The van der Waals surface area contributed by atoms with Crippen LogP contribution in [0.15, 0.2) is 59.5 Å². The van der Waals surface area contributed by atoms with Crippen LogP contribution in [0.2, 0.25) is 0 Å². The topological polar surface area (TPSA) is 89.3 Å². The molecule has 6 heteroatoms. The number of Topliss-reactive ketones (excluding diaryl/α,β-unsaturated/α-hetero) is 1. The van der Waals surface area contributed by atoms with E-state index in [0.717, 1.165) is 28.8 Å². The average molecular weight is 397 g/mol. The molecule has 5 nitrogen and oxygen atoms in total. The van der Waals surface area contributed by atoms with E-state index in [1.165, 1.54) is 0 Å². The van der Waals surface area contributed by atoms with Crippen LogP contribution in [0.25, 0.3) is 0 Å². The van der Waals surface area contributed by atoms with E-state index in [-0.39, 0.29) is 34.5 Å². The van der Waals surface area contributed by atoms with Gasteiger partial charge in [0.05, 0.1) is 10.9 Å². The van der Waals surface area contributed by atoms with Gasteiger partial charge in [-0.3, -0.25) is 4.79 Å². The molecular formula is C22H24N2O3S. The summed E-state index contributed by atoms with van der Waals surface area (Å²) in [5.74, 6) is 0.543. The van der Waals surface area contributed by atoms with Gasteiger partial charge in [-0.1, -0.05) is 50.3 Å². The smallest absolute Gasteiger partial charge is 0.238 e. The number of fused-ring (bicyclic) bond motifs is 3. The first-order valence-electron chi connectivity index (χ1n) is 9.50. The van der Waals surface area contributed by atoms with Crippen LogP contribution in [0.5, 0.6) is 0 Å². The lowest BCUT2D eigenvalue weighted by Gasteiger charge is -2.37. The van der Waals surface area contributed by atoms with E-state index >= 15 is 0 Å². The van der Waals surface area contributed by atoms with Gasteiger partial charge in [0.25, 0.3) is 0 Å². The molecule has 1 aliphatic heterocycles. The summed E-state index contributed by atoms with van der Waals surface area (Å²) in [4.78, 5) is 12.3. The molecule has 1 aliphatic carbocycles. The van der Waals surface area contributed by atoms with Crippen LogP contribution < -0.4 is 10.5 Å². The minimum atomic E-state index is -3.73. The molecule has 2 aromatic rings. The average Bonchev–Trinajstić information content (AvgIpc) is 3.16. The van der Waals surface area contributed by atoms with Crippen LogP contribution in [-0.4, -0.2) is 14.2 Å². The number of ketones is 1. The summed E-state index contributed by atoms with van der Waals surface area (Å²) >= 11 is 0. The molecule has 1 heterocycles. The van der Waals surface area contributed by atoms with Crippen molar-refractivity contribution in [2.24, 2.45) is 17.0 Å². The highest BCUT2D eigenvalue weighted by Crippen LogP contribution is 2.50. The first kappa shape index (κ1) is 18.9. The number of rotatable bonds is 4. The Balaban J connectivity index is 1.69. The first-order valence-corrected chi connectivity index (χ1v) is 11.0. The predicted octanol–water partition coefficient (Wildman–Crippen LogP) is 4.00. The molecule has 2 aliphatic rings. The third-order valence-electron chi connectivity index (χ3n) is 5.74. The summed E-state index contributed by atoms with van der Waals surface area (Å²) in [5.41, 5.74) is 3.75. The van der Waals surface area contributed by atoms with Crippen molar-refractivity contribution in [3.05, 3.63) is 71.3 Å². The number of benzene rings is 2. The monoisotopic (exact) mass is 396 g/mol. The van der Waals surface area contributed by atoms with Gasteiger partial charge in [0.1, 0.15) is 0 Å². The van der Waals surface area contributed by atoms with Crippen molar-refractivity contribution >= 4 is 21.5 Å².